The number of anilines is 1. The third-order valence-electron chi connectivity index (χ3n) is 6.84. The number of nitrogens with zero attached hydrogens (tertiary/aromatic N) is 2. The first kappa shape index (κ1) is 33.8. The number of aromatic nitrogens is 2. The van der Waals surface area contributed by atoms with Crippen LogP contribution in [0.25, 0.3) is 11.0 Å². The van der Waals surface area contributed by atoms with Crippen LogP contribution in [0.4, 0.5) is 19.4 Å². The Kier molecular flexibility index (Phi) is 9.81. The maximum atomic E-state index is 14.6. The number of rotatable bonds is 12. The minimum absolute atomic E-state index is 0.126. The summed E-state index contributed by atoms with van der Waals surface area (Å²) in [5, 5.41) is 12.9. The average Bonchev–Trinajstić information content (AvgIpc) is 3.54. The third kappa shape index (κ3) is 7.87. The molecule has 1 unspecified atom stereocenters. The molecule has 0 spiro atoms. The SMILES string of the molecule is COc1cc(OC)c2oc(COc3ccc(COC(=O)Nc4ccn([C@@H]5OC(COP(=O)(O)O)[C@@H](O)C5(F)F)c(=O)n4)cc3)cc2c1. The van der Waals surface area contributed by atoms with Crippen molar-refractivity contribution in [2.45, 2.75) is 37.6 Å². The van der Waals surface area contributed by atoms with Crippen molar-refractivity contribution < 1.29 is 65.7 Å². The molecule has 1 amide bonds. The molecule has 4 N–H and O–H groups in total. The summed E-state index contributed by atoms with van der Waals surface area (Å²) in [5.74, 6) is -2.18. The number of alkyl halides is 2. The summed E-state index contributed by atoms with van der Waals surface area (Å²) in [6.45, 7) is -1.12. The van der Waals surface area contributed by atoms with Gasteiger partial charge in [-0.05, 0) is 35.9 Å². The molecule has 3 atom stereocenters. The van der Waals surface area contributed by atoms with Gasteiger partial charge in [0.05, 0.1) is 20.8 Å². The molecule has 3 heterocycles. The van der Waals surface area contributed by atoms with Crippen LogP contribution in [-0.4, -0.2) is 69.5 Å². The van der Waals surface area contributed by atoms with Gasteiger partial charge in [-0.3, -0.25) is 14.4 Å². The number of hydrogen-bond acceptors (Lipinski definition) is 12. The number of phosphoric acid groups is 1. The summed E-state index contributed by atoms with van der Waals surface area (Å²) in [6, 6.07) is 13.0. The molecule has 0 bridgehead atoms. The number of carbonyl (C=O) groups is 1. The van der Waals surface area contributed by atoms with Gasteiger partial charge in [0.25, 0.3) is 0 Å². The fourth-order valence-corrected chi connectivity index (χ4v) is 4.89. The number of halogens is 2. The number of fused-ring (bicyclic) bond motifs is 1. The number of aliphatic hydroxyl groups excluding tert-OH is 1. The van der Waals surface area contributed by atoms with E-state index < -0.39 is 50.6 Å². The quantitative estimate of drug-likeness (QED) is 0.158. The van der Waals surface area contributed by atoms with E-state index in [1.807, 2.05) is 12.1 Å². The molecule has 2 aromatic heterocycles. The molecule has 1 fully saturated rings. The molecule has 0 saturated carbocycles. The number of hydrogen-bond donors (Lipinski definition) is 4. The molecule has 47 heavy (non-hydrogen) atoms. The van der Waals surface area contributed by atoms with Crippen LogP contribution in [0.3, 0.4) is 0 Å². The Morgan fingerprint density at radius 3 is 2.49 bits per heavy atom. The molecule has 19 heteroatoms. The molecule has 2 aromatic carbocycles. The number of aliphatic hydroxyl groups is 1. The topological polar surface area (TPSA) is 210 Å². The first-order valence-electron chi connectivity index (χ1n) is 13.6. The minimum Gasteiger partial charge on any atom is -0.497 e. The molecule has 0 radical (unpaired) electrons. The van der Waals surface area contributed by atoms with Crippen LogP contribution in [0, 0.1) is 0 Å². The fourth-order valence-electron chi connectivity index (χ4n) is 4.55. The van der Waals surface area contributed by atoms with Crippen molar-refractivity contribution in [3.05, 3.63) is 76.5 Å². The van der Waals surface area contributed by atoms with Gasteiger partial charge in [-0.15, -0.1) is 0 Å². The lowest BCUT2D eigenvalue weighted by atomic mass is 10.1. The Bertz CT molecular complexity index is 1840. The smallest absolute Gasteiger partial charge is 0.469 e. The number of methoxy groups -OCH3 is 2. The van der Waals surface area contributed by atoms with Crippen molar-refractivity contribution in [3.63, 3.8) is 0 Å². The third-order valence-corrected chi connectivity index (χ3v) is 7.32. The highest BCUT2D eigenvalue weighted by molar-refractivity contribution is 7.46. The van der Waals surface area contributed by atoms with Gasteiger partial charge in [-0.1, -0.05) is 12.1 Å². The lowest BCUT2D eigenvalue weighted by Crippen LogP contribution is -2.42. The molecule has 1 aliphatic heterocycles. The predicted molar refractivity (Wildman–Crippen MR) is 155 cm³/mol. The van der Waals surface area contributed by atoms with Gasteiger partial charge in [0.15, 0.2) is 17.4 Å². The molecule has 0 aliphatic carbocycles. The minimum atomic E-state index is -5.04. The number of carbonyl (C=O) groups excluding carboxylic acids is 1. The van der Waals surface area contributed by atoms with Gasteiger partial charge in [-0.2, -0.15) is 13.8 Å². The largest absolute Gasteiger partial charge is 0.497 e. The van der Waals surface area contributed by atoms with Crippen molar-refractivity contribution in [2.24, 2.45) is 0 Å². The zero-order chi connectivity index (χ0) is 33.9. The highest BCUT2D eigenvalue weighted by atomic mass is 31.2. The molecular weight excluding hydrogens is 655 g/mol. The van der Waals surface area contributed by atoms with E-state index in [1.165, 1.54) is 7.11 Å². The van der Waals surface area contributed by atoms with Gasteiger partial charge in [0.1, 0.15) is 42.4 Å². The van der Waals surface area contributed by atoms with Gasteiger partial charge in [0, 0.05) is 17.6 Å². The normalized spacial score (nSPS) is 19.0. The average molecular weight is 684 g/mol. The molecule has 252 valence electrons. The maximum absolute atomic E-state index is 14.6. The van der Waals surface area contributed by atoms with E-state index in [0.717, 1.165) is 17.6 Å². The van der Waals surface area contributed by atoms with E-state index in [4.69, 9.17) is 37.9 Å². The van der Waals surface area contributed by atoms with Crippen LogP contribution in [0.1, 0.15) is 17.6 Å². The van der Waals surface area contributed by atoms with E-state index in [0.29, 0.717) is 38.7 Å². The lowest BCUT2D eigenvalue weighted by Gasteiger charge is -2.21. The Morgan fingerprint density at radius 1 is 1.09 bits per heavy atom. The second kappa shape index (κ2) is 13.6. The Hall–Kier alpha value is -4.58. The molecular formula is C28H28F2N3O13P. The van der Waals surface area contributed by atoms with Gasteiger partial charge in [-0.25, -0.2) is 14.2 Å². The van der Waals surface area contributed by atoms with Crippen molar-refractivity contribution >= 4 is 30.7 Å². The first-order valence-corrected chi connectivity index (χ1v) is 15.1. The van der Waals surface area contributed by atoms with Gasteiger partial charge < -0.3 is 43.0 Å². The first-order chi connectivity index (χ1) is 22.3. The van der Waals surface area contributed by atoms with E-state index >= 15 is 0 Å². The molecule has 5 rings (SSSR count). The second-order valence-electron chi connectivity index (χ2n) is 10.0. The second-order valence-corrected chi connectivity index (χ2v) is 11.3. The van der Waals surface area contributed by atoms with E-state index in [-0.39, 0.29) is 19.0 Å². The number of ether oxygens (including phenoxy) is 5. The van der Waals surface area contributed by atoms with Crippen molar-refractivity contribution in [1.29, 1.82) is 0 Å². The summed E-state index contributed by atoms with van der Waals surface area (Å²) in [5.41, 5.74) is -0.137. The molecule has 4 aromatic rings. The number of amides is 1. The van der Waals surface area contributed by atoms with E-state index in [1.54, 1.807) is 37.4 Å². The van der Waals surface area contributed by atoms with Crippen LogP contribution < -0.4 is 25.2 Å². The maximum Gasteiger partial charge on any atom is 0.469 e. The van der Waals surface area contributed by atoms with Crippen molar-refractivity contribution in [1.82, 2.24) is 9.55 Å². The lowest BCUT2D eigenvalue weighted by molar-refractivity contribution is -0.140. The molecule has 1 aliphatic rings. The zero-order valence-electron chi connectivity index (χ0n) is 24.6. The van der Waals surface area contributed by atoms with Gasteiger partial charge >= 0.3 is 25.5 Å². The molecule has 1 saturated heterocycles. The number of furan rings is 1. The van der Waals surface area contributed by atoms with Gasteiger partial charge in [0.2, 0.25) is 6.23 Å². The predicted octanol–water partition coefficient (Wildman–Crippen LogP) is 3.34. The Morgan fingerprint density at radius 2 is 1.83 bits per heavy atom. The zero-order valence-corrected chi connectivity index (χ0v) is 25.5. The monoisotopic (exact) mass is 683 g/mol. The molecule has 16 nitrogen and oxygen atoms in total. The Labute approximate surface area is 263 Å². The van der Waals surface area contributed by atoms with Crippen LogP contribution in [0.5, 0.6) is 17.2 Å². The van der Waals surface area contributed by atoms with E-state index in [2.05, 4.69) is 14.8 Å². The van der Waals surface area contributed by atoms with Crippen LogP contribution >= 0.6 is 7.82 Å². The fraction of sp³-hybridized carbons (Fsp3) is 0.321. The van der Waals surface area contributed by atoms with Crippen LogP contribution in [0.2, 0.25) is 0 Å². The Balaban J connectivity index is 1.12. The summed E-state index contributed by atoms with van der Waals surface area (Å²) >= 11 is 0. The highest BCUT2D eigenvalue weighted by Crippen LogP contribution is 2.44. The standard InChI is InChI=1S/C28H28F2N3O13P/c1-40-18-9-16-10-19(45-23(16)20(11-18)41-2)13-42-17-5-3-15(4-6-17)12-43-27(36)32-22-7-8-33(26(35)31-22)25-28(29,30)24(34)21(46-25)14-44-47(37,38)39/h3-11,21,24-25,34H,12-14H2,1-2H3,(H2,37,38,39)(H,31,32,35,36)/t21?,24-,25-/m1/s1. The summed E-state index contributed by atoms with van der Waals surface area (Å²) in [7, 11) is -1.96. The highest BCUT2D eigenvalue weighted by Gasteiger charge is 2.60. The van der Waals surface area contributed by atoms with Crippen molar-refractivity contribution in [2.75, 3.05) is 26.1 Å². The summed E-state index contributed by atoms with van der Waals surface area (Å²) in [4.78, 5) is 45.8. The summed E-state index contributed by atoms with van der Waals surface area (Å²) in [6.07, 6.45) is -6.96. The van der Waals surface area contributed by atoms with Crippen LogP contribution in [-0.2, 0) is 31.8 Å². The summed E-state index contributed by atoms with van der Waals surface area (Å²) < 4.78 is 77.0. The van der Waals surface area contributed by atoms with Crippen LogP contribution in [0.15, 0.2) is 63.9 Å². The number of phosphoric ester groups is 1. The van der Waals surface area contributed by atoms with Crippen molar-refractivity contribution in [3.8, 4) is 17.2 Å². The number of nitrogens with one attached hydrogen (secondary N) is 1. The van der Waals surface area contributed by atoms with E-state index in [9.17, 15) is 28.0 Å². The number of benzene rings is 2.